The SMILES string of the molecule is Cc1cc(N)nc(-c2nc3c4c(nc(OC[C@@]56CCCN5C[C@H](F)C6)nc4c2F)N(CC(F)F)CCO3)c1C(F)(F)F. The molecule has 6 rings (SSSR count). The van der Waals surface area contributed by atoms with E-state index in [1.54, 1.807) is 0 Å². The number of fused-ring (bicyclic) bond motifs is 1. The number of nitrogen functional groups attached to an aromatic ring is 1. The zero-order valence-electron chi connectivity index (χ0n) is 22.3. The highest BCUT2D eigenvalue weighted by Crippen LogP contribution is 2.44. The van der Waals surface area contributed by atoms with Gasteiger partial charge in [-0.15, -0.1) is 0 Å². The van der Waals surface area contributed by atoms with Crippen LogP contribution in [-0.2, 0) is 6.18 Å². The van der Waals surface area contributed by atoms with Crippen LogP contribution >= 0.6 is 0 Å². The summed E-state index contributed by atoms with van der Waals surface area (Å²) in [5.74, 6) is -2.16. The van der Waals surface area contributed by atoms with Gasteiger partial charge in [0, 0.05) is 13.0 Å². The van der Waals surface area contributed by atoms with E-state index < -0.39 is 65.2 Å². The number of hydrogen-bond donors (Lipinski definition) is 1. The van der Waals surface area contributed by atoms with Crippen LogP contribution in [0.25, 0.3) is 22.3 Å². The molecule has 0 radical (unpaired) electrons. The predicted octanol–water partition coefficient (Wildman–Crippen LogP) is 4.55. The van der Waals surface area contributed by atoms with E-state index in [1.807, 2.05) is 4.90 Å². The average Bonchev–Trinajstić information content (AvgIpc) is 3.35. The topological polar surface area (TPSA) is 103 Å². The summed E-state index contributed by atoms with van der Waals surface area (Å²) in [6.07, 6.45) is -7.13. The quantitative estimate of drug-likeness (QED) is 0.408. The van der Waals surface area contributed by atoms with Gasteiger partial charge in [-0.1, -0.05) is 0 Å². The number of ether oxygens (including phenoxy) is 2. The van der Waals surface area contributed by atoms with E-state index in [0.29, 0.717) is 13.0 Å². The third-order valence-corrected chi connectivity index (χ3v) is 7.95. The van der Waals surface area contributed by atoms with Gasteiger partial charge >= 0.3 is 12.2 Å². The summed E-state index contributed by atoms with van der Waals surface area (Å²) in [5, 5.41) is -0.207. The number of pyridine rings is 2. The van der Waals surface area contributed by atoms with Crippen LogP contribution in [-0.4, -0.2) is 82.4 Å². The third kappa shape index (κ3) is 4.88. The minimum atomic E-state index is -4.95. The first-order chi connectivity index (χ1) is 19.9. The highest BCUT2D eigenvalue weighted by atomic mass is 19.4. The van der Waals surface area contributed by atoms with Crippen molar-refractivity contribution in [3.05, 3.63) is 23.0 Å². The number of alkyl halides is 6. The standard InChI is InChI=1S/C26H26F7N7O2/c1-12-7-15(34)35-20(17(12)26(31,32)33)21-18(30)19-16-22(39(10-14(28)29)5-6-41-23(16)36-21)38-24(37-19)42-11-25-3-2-4-40(25)9-13(27)8-25/h7,13-14H,2-6,8-11H2,1H3,(H2,34,35)/t13-,25+/m1/s1. The second-order valence-corrected chi connectivity index (χ2v) is 10.8. The second kappa shape index (κ2) is 10.2. The van der Waals surface area contributed by atoms with Crippen LogP contribution in [0, 0.1) is 12.7 Å². The number of halogens is 7. The Hall–Kier alpha value is -3.69. The van der Waals surface area contributed by atoms with Crippen molar-refractivity contribution in [2.24, 2.45) is 0 Å². The van der Waals surface area contributed by atoms with E-state index in [-0.39, 0.29) is 61.2 Å². The fraction of sp³-hybridized carbons (Fsp3) is 0.538. The van der Waals surface area contributed by atoms with Crippen molar-refractivity contribution in [1.29, 1.82) is 0 Å². The Bertz CT molecular complexity index is 1540. The third-order valence-electron chi connectivity index (χ3n) is 7.95. The summed E-state index contributed by atoms with van der Waals surface area (Å²) in [6, 6.07) is 0.596. The Labute approximate surface area is 234 Å². The van der Waals surface area contributed by atoms with Crippen molar-refractivity contribution < 1.29 is 40.2 Å². The maximum absolute atomic E-state index is 16.3. The van der Waals surface area contributed by atoms with Crippen LogP contribution in [0.4, 0.5) is 42.4 Å². The van der Waals surface area contributed by atoms with Gasteiger partial charge in [0.05, 0.1) is 24.2 Å². The van der Waals surface area contributed by atoms with E-state index in [1.165, 1.54) is 0 Å². The van der Waals surface area contributed by atoms with E-state index in [4.69, 9.17) is 15.2 Å². The number of anilines is 2. The van der Waals surface area contributed by atoms with Crippen LogP contribution in [0.5, 0.6) is 11.9 Å². The van der Waals surface area contributed by atoms with Gasteiger partial charge in [-0.05, 0) is 37.9 Å². The number of rotatable bonds is 6. The Morgan fingerprint density at radius 1 is 1.17 bits per heavy atom. The summed E-state index contributed by atoms with van der Waals surface area (Å²) in [6.45, 7) is 0.894. The molecule has 226 valence electrons. The normalized spacial score (nSPS) is 22.5. The zero-order chi connectivity index (χ0) is 30.0. The molecule has 0 amide bonds. The number of aromatic nitrogens is 4. The molecule has 0 bridgehead atoms. The van der Waals surface area contributed by atoms with Crippen molar-refractivity contribution >= 4 is 22.5 Å². The molecular weight excluding hydrogens is 575 g/mol. The maximum Gasteiger partial charge on any atom is 0.418 e. The fourth-order valence-electron chi connectivity index (χ4n) is 6.24. The number of hydrogen-bond acceptors (Lipinski definition) is 9. The van der Waals surface area contributed by atoms with Gasteiger partial charge in [-0.3, -0.25) is 4.90 Å². The van der Waals surface area contributed by atoms with Gasteiger partial charge in [0.15, 0.2) is 5.82 Å². The molecule has 3 aliphatic heterocycles. The Morgan fingerprint density at radius 3 is 2.69 bits per heavy atom. The molecule has 2 saturated heterocycles. The highest BCUT2D eigenvalue weighted by molar-refractivity contribution is 5.97. The molecule has 9 nitrogen and oxygen atoms in total. The second-order valence-electron chi connectivity index (χ2n) is 10.8. The van der Waals surface area contributed by atoms with Gasteiger partial charge in [0.2, 0.25) is 5.88 Å². The van der Waals surface area contributed by atoms with Crippen LogP contribution in [0.1, 0.15) is 30.4 Å². The van der Waals surface area contributed by atoms with Crippen LogP contribution in [0.15, 0.2) is 6.07 Å². The number of aryl methyl sites for hydroxylation is 1. The van der Waals surface area contributed by atoms with Crippen molar-refractivity contribution in [3.8, 4) is 23.3 Å². The van der Waals surface area contributed by atoms with Gasteiger partial charge in [-0.25, -0.2) is 27.5 Å². The summed E-state index contributed by atoms with van der Waals surface area (Å²) < 4.78 is 111. The molecule has 2 atom stereocenters. The van der Waals surface area contributed by atoms with E-state index in [2.05, 4.69) is 19.9 Å². The molecule has 0 spiro atoms. The van der Waals surface area contributed by atoms with Crippen LogP contribution in [0.3, 0.4) is 0 Å². The van der Waals surface area contributed by atoms with Crippen molar-refractivity contribution in [3.63, 3.8) is 0 Å². The van der Waals surface area contributed by atoms with E-state index in [0.717, 1.165) is 24.3 Å². The minimum absolute atomic E-state index is 0.0513. The molecule has 0 saturated carbocycles. The molecule has 0 unspecified atom stereocenters. The lowest BCUT2D eigenvalue weighted by Crippen LogP contribution is -2.43. The summed E-state index contributed by atoms with van der Waals surface area (Å²) >= 11 is 0. The van der Waals surface area contributed by atoms with Gasteiger partial charge < -0.3 is 20.1 Å². The Kier molecular flexibility index (Phi) is 6.93. The molecule has 42 heavy (non-hydrogen) atoms. The van der Waals surface area contributed by atoms with E-state index in [9.17, 15) is 26.3 Å². The summed E-state index contributed by atoms with van der Waals surface area (Å²) in [4.78, 5) is 19.3. The number of nitrogens with zero attached hydrogens (tertiary/aromatic N) is 6. The van der Waals surface area contributed by atoms with E-state index >= 15 is 4.39 Å². The Morgan fingerprint density at radius 2 is 1.95 bits per heavy atom. The van der Waals surface area contributed by atoms with Crippen LogP contribution < -0.4 is 20.1 Å². The van der Waals surface area contributed by atoms with Crippen molar-refractivity contribution in [2.45, 2.75) is 50.5 Å². The summed E-state index contributed by atoms with van der Waals surface area (Å²) in [5.41, 5.74) is 1.27. The lowest BCUT2D eigenvalue weighted by Gasteiger charge is -2.31. The van der Waals surface area contributed by atoms with Gasteiger partial charge in [0.25, 0.3) is 6.43 Å². The Balaban J connectivity index is 1.53. The molecule has 0 aliphatic carbocycles. The molecule has 3 aromatic heterocycles. The highest BCUT2D eigenvalue weighted by Gasteiger charge is 2.49. The first-order valence-electron chi connectivity index (χ1n) is 13.3. The van der Waals surface area contributed by atoms with Crippen LogP contribution in [0.2, 0.25) is 0 Å². The molecule has 3 aromatic rings. The predicted molar refractivity (Wildman–Crippen MR) is 137 cm³/mol. The lowest BCUT2D eigenvalue weighted by atomic mass is 9.95. The monoisotopic (exact) mass is 601 g/mol. The van der Waals surface area contributed by atoms with Crippen molar-refractivity contribution in [1.82, 2.24) is 24.8 Å². The minimum Gasteiger partial charge on any atom is -0.475 e. The largest absolute Gasteiger partial charge is 0.475 e. The lowest BCUT2D eigenvalue weighted by molar-refractivity contribution is -0.137. The first kappa shape index (κ1) is 28.4. The van der Waals surface area contributed by atoms with Gasteiger partial charge in [0.1, 0.15) is 53.3 Å². The number of nitrogens with two attached hydrogens (primary N) is 1. The molecular formula is C26H26F7N7O2. The molecule has 16 heteroatoms. The molecule has 0 aromatic carbocycles. The average molecular weight is 602 g/mol. The first-order valence-corrected chi connectivity index (χ1v) is 13.3. The molecule has 6 heterocycles. The maximum atomic E-state index is 16.3. The smallest absolute Gasteiger partial charge is 0.418 e. The van der Waals surface area contributed by atoms with Crippen molar-refractivity contribution in [2.75, 3.05) is 50.0 Å². The molecule has 2 fully saturated rings. The summed E-state index contributed by atoms with van der Waals surface area (Å²) in [7, 11) is 0. The molecule has 2 N–H and O–H groups in total. The fourth-order valence-corrected chi connectivity index (χ4v) is 6.24. The molecule has 3 aliphatic rings. The zero-order valence-corrected chi connectivity index (χ0v) is 22.3. The van der Waals surface area contributed by atoms with Gasteiger partial charge in [-0.2, -0.15) is 23.1 Å².